The van der Waals surface area contributed by atoms with Crippen LogP contribution in [0.3, 0.4) is 0 Å². The Balaban J connectivity index is 4.32. The lowest BCUT2D eigenvalue weighted by atomic mass is 10.1. The number of nitrogens with zero attached hydrogens (tertiary/aromatic N) is 1. The number of nitrogens with two attached hydrogens (primary N) is 1. The van der Waals surface area contributed by atoms with Crippen LogP contribution >= 0.6 is 0 Å². The molecule has 2 atom stereocenters. The zero-order valence-electron chi connectivity index (χ0n) is 11.8. The van der Waals surface area contributed by atoms with Crippen LogP contribution in [-0.4, -0.2) is 43.0 Å². The highest BCUT2D eigenvalue weighted by molar-refractivity contribution is 5.76. The molecule has 102 valence electrons. The fraction of sp³-hybridized carbons (Fsp3) is 0.923. The van der Waals surface area contributed by atoms with E-state index in [0.717, 1.165) is 19.5 Å². The predicted octanol–water partition coefficient (Wildman–Crippen LogP) is 1.21. The Labute approximate surface area is 106 Å². The first-order valence-electron chi connectivity index (χ1n) is 6.79. The molecule has 0 aromatic carbocycles. The number of amides is 1. The molecular weight excluding hydrogens is 214 g/mol. The molecule has 0 aromatic heterocycles. The van der Waals surface area contributed by atoms with E-state index >= 15 is 0 Å². The number of carbonyl (C=O) groups is 1. The van der Waals surface area contributed by atoms with E-state index in [4.69, 9.17) is 5.73 Å². The number of likely N-dealkylation sites (N-methyl/N-ethyl adjacent to an activating group) is 1. The summed E-state index contributed by atoms with van der Waals surface area (Å²) in [5, 5.41) is 2.84. The Hall–Kier alpha value is -0.610. The molecule has 0 rings (SSSR count). The smallest absolute Gasteiger partial charge is 0.221 e. The molecule has 0 radical (unpaired) electrons. The summed E-state index contributed by atoms with van der Waals surface area (Å²) in [6.45, 7) is 11.7. The maximum Gasteiger partial charge on any atom is 0.221 e. The van der Waals surface area contributed by atoms with Crippen LogP contribution in [0.1, 0.15) is 40.5 Å². The van der Waals surface area contributed by atoms with Gasteiger partial charge in [-0.3, -0.25) is 9.69 Å². The zero-order valence-corrected chi connectivity index (χ0v) is 11.8. The van der Waals surface area contributed by atoms with Crippen LogP contribution in [0.15, 0.2) is 0 Å². The van der Waals surface area contributed by atoms with Gasteiger partial charge in [-0.2, -0.15) is 0 Å². The minimum Gasteiger partial charge on any atom is -0.356 e. The molecule has 0 bridgehead atoms. The standard InChI is InChI=1S/C13H29N3O/c1-5-11(4)10-16(7-3)12(9-14)8-13(17)15-6-2/h11-12H,5-10,14H2,1-4H3,(H,15,17). The van der Waals surface area contributed by atoms with Gasteiger partial charge in [0, 0.05) is 32.1 Å². The van der Waals surface area contributed by atoms with Crippen molar-refractivity contribution in [2.75, 3.05) is 26.2 Å². The molecule has 3 N–H and O–H groups in total. The first-order valence-corrected chi connectivity index (χ1v) is 6.79. The molecule has 0 spiro atoms. The van der Waals surface area contributed by atoms with Gasteiger partial charge in [0.25, 0.3) is 0 Å². The summed E-state index contributed by atoms with van der Waals surface area (Å²) in [5.41, 5.74) is 5.79. The SMILES string of the molecule is CCNC(=O)CC(CN)N(CC)CC(C)CC. The van der Waals surface area contributed by atoms with Crippen molar-refractivity contribution in [3.05, 3.63) is 0 Å². The summed E-state index contributed by atoms with van der Waals surface area (Å²) >= 11 is 0. The van der Waals surface area contributed by atoms with Gasteiger partial charge in [-0.05, 0) is 19.4 Å². The second-order valence-corrected chi connectivity index (χ2v) is 4.65. The average Bonchev–Trinajstić information content (AvgIpc) is 2.33. The third-order valence-corrected chi connectivity index (χ3v) is 3.23. The maximum atomic E-state index is 11.6. The second kappa shape index (κ2) is 9.42. The van der Waals surface area contributed by atoms with Crippen molar-refractivity contribution < 1.29 is 4.79 Å². The Kier molecular flexibility index (Phi) is 9.09. The van der Waals surface area contributed by atoms with Crippen molar-refractivity contribution in [2.24, 2.45) is 11.7 Å². The lowest BCUT2D eigenvalue weighted by Crippen LogP contribution is -2.45. The Bertz CT molecular complexity index is 209. The van der Waals surface area contributed by atoms with Gasteiger partial charge in [0.05, 0.1) is 0 Å². The highest BCUT2D eigenvalue weighted by Gasteiger charge is 2.20. The van der Waals surface area contributed by atoms with E-state index in [-0.39, 0.29) is 11.9 Å². The van der Waals surface area contributed by atoms with Gasteiger partial charge in [0.1, 0.15) is 0 Å². The molecule has 0 aliphatic carbocycles. The third kappa shape index (κ3) is 6.64. The van der Waals surface area contributed by atoms with Crippen molar-refractivity contribution >= 4 is 5.91 Å². The summed E-state index contributed by atoms with van der Waals surface area (Å²) in [6, 6.07) is 0.167. The maximum absolute atomic E-state index is 11.6. The summed E-state index contributed by atoms with van der Waals surface area (Å²) in [4.78, 5) is 13.9. The van der Waals surface area contributed by atoms with Crippen LogP contribution in [-0.2, 0) is 4.79 Å². The fourth-order valence-electron chi connectivity index (χ4n) is 1.91. The average molecular weight is 243 g/mol. The molecule has 1 amide bonds. The Morgan fingerprint density at radius 3 is 2.41 bits per heavy atom. The number of nitrogens with one attached hydrogen (secondary N) is 1. The molecule has 0 heterocycles. The minimum absolute atomic E-state index is 0.102. The summed E-state index contributed by atoms with van der Waals surface area (Å²) in [5.74, 6) is 0.754. The topological polar surface area (TPSA) is 58.4 Å². The van der Waals surface area contributed by atoms with Crippen molar-refractivity contribution in [2.45, 2.75) is 46.6 Å². The molecule has 0 aliphatic rings. The summed E-state index contributed by atoms with van der Waals surface area (Å²) < 4.78 is 0. The van der Waals surface area contributed by atoms with Gasteiger partial charge in [-0.1, -0.05) is 27.2 Å². The molecule has 0 aliphatic heterocycles. The predicted molar refractivity (Wildman–Crippen MR) is 72.8 cm³/mol. The number of rotatable bonds is 9. The van der Waals surface area contributed by atoms with Crippen LogP contribution in [0.4, 0.5) is 0 Å². The highest BCUT2D eigenvalue weighted by Crippen LogP contribution is 2.09. The Morgan fingerprint density at radius 2 is 2.00 bits per heavy atom. The lowest BCUT2D eigenvalue weighted by Gasteiger charge is -2.31. The van der Waals surface area contributed by atoms with E-state index in [2.05, 4.69) is 31.0 Å². The summed E-state index contributed by atoms with van der Waals surface area (Å²) in [6.07, 6.45) is 1.67. The van der Waals surface area contributed by atoms with E-state index in [1.807, 2.05) is 6.92 Å². The van der Waals surface area contributed by atoms with E-state index in [1.54, 1.807) is 0 Å². The molecule has 4 nitrogen and oxygen atoms in total. The van der Waals surface area contributed by atoms with Crippen molar-refractivity contribution in [3.63, 3.8) is 0 Å². The fourth-order valence-corrected chi connectivity index (χ4v) is 1.91. The number of hydrogen-bond acceptors (Lipinski definition) is 3. The largest absolute Gasteiger partial charge is 0.356 e. The zero-order chi connectivity index (χ0) is 13.3. The van der Waals surface area contributed by atoms with Crippen LogP contribution in [0, 0.1) is 5.92 Å². The van der Waals surface area contributed by atoms with Gasteiger partial charge < -0.3 is 11.1 Å². The van der Waals surface area contributed by atoms with Crippen LogP contribution < -0.4 is 11.1 Å². The van der Waals surface area contributed by atoms with Crippen molar-refractivity contribution in [3.8, 4) is 0 Å². The normalized spacial score (nSPS) is 14.7. The molecule has 0 saturated heterocycles. The molecule has 2 unspecified atom stereocenters. The van der Waals surface area contributed by atoms with Crippen LogP contribution in [0.2, 0.25) is 0 Å². The number of carbonyl (C=O) groups excluding carboxylic acids is 1. The van der Waals surface area contributed by atoms with Crippen LogP contribution in [0.25, 0.3) is 0 Å². The van der Waals surface area contributed by atoms with Crippen molar-refractivity contribution in [1.29, 1.82) is 0 Å². The van der Waals surface area contributed by atoms with Gasteiger partial charge >= 0.3 is 0 Å². The highest BCUT2D eigenvalue weighted by atomic mass is 16.1. The third-order valence-electron chi connectivity index (χ3n) is 3.23. The second-order valence-electron chi connectivity index (χ2n) is 4.65. The van der Waals surface area contributed by atoms with E-state index in [9.17, 15) is 4.79 Å². The Morgan fingerprint density at radius 1 is 1.35 bits per heavy atom. The lowest BCUT2D eigenvalue weighted by molar-refractivity contribution is -0.122. The van der Waals surface area contributed by atoms with E-state index in [0.29, 0.717) is 25.4 Å². The van der Waals surface area contributed by atoms with Gasteiger partial charge in [0.2, 0.25) is 5.91 Å². The molecule has 0 aromatic rings. The molecular formula is C13H29N3O. The quantitative estimate of drug-likeness (QED) is 0.640. The monoisotopic (exact) mass is 243 g/mol. The molecule has 0 saturated carbocycles. The van der Waals surface area contributed by atoms with Gasteiger partial charge in [-0.15, -0.1) is 0 Å². The van der Waals surface area contributed by atoms with E-state index in [1.165, 1.54) is 0 Å². The first kappa shape index (κ1) is 16.4. The summed E-state index contributed by atoms with van der Waals surface area (Å²) in [7, 11) is 0. The van der Waals surface area contributed by atoms with Gasteiger partial charge in [-0.25, -0.2) is 0 Å². The molecule has 0 fully saturated rings. The number of hydrogen-bond donors (Lipinski definition) is 2. The van der Waals surface area contributed by atoms with Gasteiger partial charge in [0.15, 0.2) is 0 Å². The van der Waals surface area contributed by atoms with E-state index < -0.39 is 0 Å². The first-order chi connectivity index (χ1) is 8.08. The molecule has 17 heavy (non-hydrogen) atoms. The van der Waals surface area contributed by atoms with Crippen LogP contribution in [0.5, 0.6) is 0 Å². The van der Waals surface area contributed by atoms with Crippen molar-refractivity contribution in [1.82, 2.24) is 10.2 Å². The minimum atomic E-state index is 0.102. The molecule has 4 heteroatoms.